The van der Waals surface area contributed by atoms with Crippen molar-refractivity contribution in [2.24, 2.45) is 0 Å². The predicted octanol–water partition coefficient (Wildman–Crippen LogP) is 1.05. The van der Waals surface area contributed by atoms with Crippen molar-refractivity contribution < 1.29 is 10.2 Å². The van der Waals surface area contributed by atoms with Crippen LogP contribution in [0.3, 0.4) is 0 Å². The van der Waals surface area contributed by atoms with Gasteiger partial charge in [0.1, 0.15) is 6.33 Å². The third-order valence-corrected chi connectivity index (χ3v) is 4.39. The van der Waals surface area contributed by atoms with Gasteiger partial charge < -0.3 is 20.5 Å². The van der Waals surface area contributed by atoms with E-state index in [1.165, 1.54) is 18.1 Å². The van der Waals surface area contributed by atoms with Gasteiger partial charge in [-0.2, -0.15) is 0 Å². The molecule has 0 aliphatic heterocycles. The van der Waals surface area contributed by atoms with Crippen molar-refractivity contribution in [3.8, 4) is 0 Å². The van der Waals surface area contributed by atoms with Crippen LogP contribution in [0.15, 0.2) is 41.8 Å². The lowest BCUT2D eigenvalue weighted by atomic mass is 10.2. The zero-order valence-electron chi connectivity index (χ0n) is 12.3. The first-order chi connectivity index (χ1) is 11.2. The molecule has 7 nitrogen and oxygen atoms in total. The molecule has 2 heterocycles. The number of aliphatic hydroxyl groups excluding tert-OH is 2. The van der Waals surface area contributed by atoms with Crippen molar-refractivity contribution in [3.05, 3.63) is 42.2 Å². The van der Waals surface area contributed by atoms with Gasteiger partial charge in [-0.15, -0.1) is 0 Å². The highest BCUT2D eigenvalue weighted by Gasteiger charge is 2.17. The number of nitrogens with zero attached hydrogens (tertiary/aromatic N) is 4. The maximum atomic E-state index is 9.79. The van der Waals surface area contributed by atoms with E-state index >= 15 is 0 Å². The van der Waals surface area contributed by atoms with Crippen LogP contribution in [0.1, 0.15) is 5.56 Å². The Hall–Kier alpha value is -2.16. The minimum Gasteiger partial charge on any atom is -0.394 e. The fraction of sp³-hybridized carbons (Fsp3) is 0.267. The highest BCUT2D eigenvalue weighted by Crippen LogP contribution is 2.27. The van der Waals surface area contributed by atoms with E-state index in [1.54, 1.807) is 4.57 Å². The van der Waals surface area contributed by atoms with Gasteiger partial charge in [0.15, 0.2) is 22.1 Å². The minimum atomic E-state index is -0.889. The molecule has 3 aromatic rings. The molecule has 0 amide bonds. The Balaban J connectivity index is 1.94. The first kappa shape index (κ1) is 15.7. The van der Waals surface area contributed by atoms with Crippen LogP contribution in [-0.2, 0) is 12.3 Å². The Kier molecular flexibility index (Phi) is 4.75. The van der Waals surface area contributed by atoms with Gasteiger partial charge in [-0.25, -0.2) is 15.0 Å². The number of nitrogens with two attached hydrogens (primary N) is 1. The number of hydrogen-bond acceptors (Lipinski definition) is 7. The van der Waals surface area contributed by atoms with Gasteiger partial charge in [0.05, 0.1) is 19.3 Å². The Bertz CT molecular complexity index is 793. The van der Waals surface area contributed by atoms with E-state index in [-0.39, 0.29) is 13.2 Å². The van der Waals surface area contributed by atoms with E-state index in [0.717, 1.165) is 11.3 Å². The van der Waals surface area contributed by atoms with E-state index in [4.69, 9.17) is 10.8 Å². The molecule has 1 aromatic carbocycles. The van der Waals surface area contributed by atoms with Crippen molar-refractivity contribution in [2.75, 3.05) is 12.3 Å². The zero-order chi connectivity index (χ0) is 16.2. The lowest BCUT2D eigenvalue weighted by Gasteiger charge is -2.11. The van der Waals surface area contributed by atoms with E-state index in [9.17, 15) is 5.11 Å². The van der Waals surface area contributed by atoms with Gasteiger partial charge in [-0.05, 0) is 5.56 Å². The van der Waals surface area contributed by atoms with Crippen LogP contribution in [0.5, 0.6) is 0 Å². The number of benzene rings is 1. The first-order valence-corrected chi connectivity index (χ1v) is 8.10. The second-order valence-electron chi connectivity index (χ2n) is 5.05. The van der Waals surface area contributed by atoms with Crippen molar-refractivity contribution in [1.82, 2.24) is 19.5 Å². The topological polar surface area (TPSA) is 110 Å². The van der Waals surface area contributed by atoms with Crippen molar-refractivity contribution in [1.29, 1.82) is 0 Å². The summed E-state index contributed by atoms with van der Waals surface area (Å²) in [7, 11) is 0. The van der Waals surface area contributed by atoms with Crippen molar-refractivity contribution in [2.45, 2.75) is 23.6 Å². The minimum absolute atomic E-state index is 0.195. The highest BCUT2D eigenvalue weighted by atomic mass is 32.2. The summed E-state index contributed by atoms with van der Waals surface area (Å²) < 4.78 is 1.77. The quantitative estimate of drug-likeness (QED) is 0.579. The molecule has 1 atom stereocenters. The second kappa shape index (κ2) is 6.95. The molecule has 0 fully saturated rings. The molecule has 0 bridgehead atoms. The molecule has 2 aromatic heterocycles. The standard InChI is InChI=1S/C15H17N5O2S/c16-13-12-14(18-9-17-13)20(6-11(22)7-21)15(19-12)23-8-10-4-2-1-3-5-10/h1-5,9,11,21-22H,6-8H2,(H2,16,17,18). The fourth-order valence-electron chi connectivity index (χ4n) is 2.20. The van der Waals surface area contributed by atoms with Crippen molar-refractivity contribution in [3.63, 3.8) is 0 Å². The number of fused-ring (bicyclic) bond motifs is 1. The molecule has 1 unspecified atom stereocenters. The van der Waals surface area contributed by atoms with Crippen LogP contribution in [0, 0.1) is 0 Å². The summed E-state index contributed by atoms with van der Waals surface area (Å²) >= 11 is 1.52. The van der Waals surface area contributed by atoms with Gasteiger partial charge in [0, 0.05) is 5.75 Å². The van der Waals surface area contributed by atoms with Gasteiger partial charge >= 0.3 is 0 Å². The van der Waals surface area contributed by atoms with E-state index in [1.807, 2.05) is 30.3 Å². The van der Waals surface area contributed by atoms with E-state index in [0.29, 0.717) is 22.1 Å². The van der Waals surface area contributed by atoms with Gasteiger partial charge in [0.25, 0.3) is 0 Å². The number of hydrogen-bond donors (Lipinski definition) is 3. The van der Waals surface area contributed by atoms with Crippen LogP contribution in [0.2, 0.25) is 0 Å². The molecule has 8 heteroatoms. The molecule has 120 valence electrons. The third kappa shape index (κ3) is 3.44. The fourth-order valence-corrected chi connectivity index (χ4v) is 3.16. The summed E-state index contributed by atoms with van der Waals surface area (Å²) in [5, 5.41) is 19.6. The van der Waals surface area contributed by atoms with Crippen LogP contribution >= 0.6 is 11.8 Å². The van der Waals surface area contributed by atoms with Gasteiger partial charge in [-0.3, -0.25) is 0 Å². The SMILES string of the molecule is Nc1ncnc2c1nc(SCc1ccccc1)n2CC(O)CO. The molecule has 0 saturated heterocycles. The first-order valence-electron chi connectivity index (χ1n) is 7.11. The lowest BCUT2D eigenvalue weighted by molar-refractivity contribution is 0.0801. The summed E-state index contributed by atoms with van der Waals surface area (Å²) in [5.41, 5.74) is 8.09. The van der Waals surface area contributed by atoms with Crippen LogP contribution in [0.4, 0.5) is 5.82 Å². The molecular formula is C15H17N5O2S. The number of nitrogen functional groups attached to an aromatic ring is 1. The smallest absolute Gasteiger partial charge is 0.170 e. The zero-order valence-corrected chi connectivity index (χ0v) is 13.1. The average molecular weight is 331 g/mol. The lowest BCUT2D eigenvalue weighted by Crippen LogP contribution is -2.20. The second-order valence-corrected chi connectivity index (χ2v) is 5.99. The number of aliphatic hydroxyl groups is 2. The van der Waals surface area contributed by atoms with Crippen LogP contribution < -0.4 is 5.73 Å². The highest BCUT2D eigenvalue weighted by molar-refractivity contribution is 7.98. The monoisotopic (exact) mass is 331 g/mol. The number of thioether (sulfide) groups is 1. The predicted molar refractivity (Wildman–Crippen MR) is 88.8 cm³/mol. The van der Waals surface area contributed by atoms with Crippen LogP contribution in [-0.4, -0.2) is 42.4 Å². The Morgan fingerprint density at radius 2 is 2.00 bits per heavy atom. The molecule has 0 spiro atoms. The van der Waals surface area contributed by atoms with Crippen molar-refractivity contribution >= 4 is 28.7 Å². The number of rotatable bonds is 6. The largest absolute Gasteiger partial charge is 0.394 e. The number of aromatic nitrogens is 4. The normalized spacial score (nSPS) is 12.6. The summed E-state index contributed by atoms with van der Waals surface area (Å²) in [4.78, 5) is 12.7. The molecule has 23 heavy (non-hydrogen) atoms. The maximum Gasteiger partial charge on any atom is 0.170 e. The maximum absolute atomic E-state index is 9.79. The molecule has 4 N–H and O–H groups in total. The Morgan fingerprint density at radius 3 is 2.74 bits per heavy atom. The summed E-state index contributed by atoms with van der Waals surface area (Å²) in [6, 6.07) is 10.0. The van der Waals surface area contributed by atoms with Crippen LogP contribution in [0.25, 0.3) is 11.2 Å². The molecule has 0 radical (unpaired) electrons. The molecular weight excluding hydrogens is 314 g/mol. The number of anilines is 1. The molecule has 0 aliphatic rings. The molecule has 0 saturated carbocycles. The molecule has 0 aliphatic carbocycles. The summed E-state index contributed by atoms with van der Waals surface area (Å²) in [5.74, 6) is 1.03. The third-order valence-electron chi connectivity index (χ3n) is 3.34. The average Bonchev–Trinajstić information content (AvgIpc) is 2.93. The summed E-state index contributed by atoms with van der Waals surface area (Å²) in [6.07, 6.45) is 0.479. The van der Waals surface area contributed by atoms with E-state index < -0.39 is 6.10 Å². The van der Waals surface area contributed by atoms with Gasteiger partial charge in [-0.1, -0.05) is 42.1 Å². The van der Waals surface area contributed by atoms with Gasteiger partial charge in [0.2, 0.25) is 0 Å². The Labute approximate surface area is 137 Å². The van der Waals surface area contributed by atoms with E-state index in [2.05, 4.69) is 15.0 Å². The summed E-state index contributed by atoms with van der Waals surface area (Å²) in [6.45, 7) is -0.135. The molecule has 3 rings (SSSR count). The Morgan fingerprint density at radius 1 is 1.22 bits per heavy atom. The number of imidazole rings is 1.